The molecule has 3 atom stereocenters. The average Bonchev–Trinajstić information content (AvgIpc) is 2.66. The molecule has 0 radical (unpaired) electrons. The molecule has 1 aliphatic heterocycles. The molecule has 1 fully saturated rings. The molecule has 0 amide bonds. The summed E-state index contributed by atoms with van der Waals surface area (Å²) < 4.78 is 0. The summed E-state index contributed by atoms with van der Waals surface area (Å²) in [6, 6.07) is 1.43. The van der Waals surface area contributed by atoms with E-state index in [1.54, 1.807) is 0 Å². The zero-order chi connectivity index (χ0) is 13.7. The molecule has 0 saturated carbocycles. The van der Waals surface area contributed by atoms with Crippen molar-refractivity contribution in [1.29, 1.82) is 0 Å². The minimum absolute atomic E-state index is 0.705. The van der Waals surface area contributed by atoms with Crippen molar-refractivity contribution >= 4 is 0 Å². The van der Waals surface area contributed by atoms with E-state index in [1.165, 1.54) is 19.5 Å². The molecule has 0 aromatic rings. The van der Waals surface area contributed by atoms with Gasteiger partial charge in [-0.3, -0.25) is 4.90 Å². The SMILES string of the molecule is CCC(CNCC(C)C)N1CC(C)C(N(C)C)C1. The molecule has 0 spiro atoms. The molecule has 3 heteroatoms. The summed E-state index contributed by atoms with van der Waals surface area (Å²) in [7, 11) is 4.42. The number of nitrogens with one attached hydrogen (secondary N) is 1. The molecule has 1 aliphatic rings. The second-order valence-corrected chi connectivity index (χ2v) is 6.58. The number of likely N-dealkylation sites (N-methyl/N-ethyl adjacent to an activating group) is 1. The van der Waals surface area contributed by atoms with E-state index in [2.05, 4.69) is 56.9 Å². The highest BCUT2D eigenvalue weighted by molar-refractivity contribution is 4.90. The lowest BCUT2D eigenvalue weighted by Gasteiger charge is -2.28. The van der Waals surface area contributed by atoms with E-state index in [0.29, 0.717) is 6.04 Å². The van der Waals surface area contributed by atoms with Crippen molar-refractivity contribution in [3.05, 3.63) is 0 Å². The lowest BCUT2D eigenvalue weighted by Crippen LogP contribution is -2.43. The molecule has 0 aromatic heterocycles. The van der Waals surface area contributed by atoms with Gasteiger partial charge >= 0.3 is 0 Å². The van der Waals surface area contributed by atoms with Crippen LogP contribution in [0.25, 0.3) is 0 Å². The average molecular weight is 255 g/mol. The summed E-state index contributed by atoms with van der Waals surface area (Å²) in [6.45, 7) is 14.0. The maximum Gasteiger partial charge on any atom is 0.0254 e. The third-order valence-electron chi connectivity index (χ3n) is 4.18. The molecular formula is C15H33N3. The Bertz CT molecular complexity index is 228. The Morgan fingerprint density at radius 2 is 1.89 bits per heavy atom. The summed E-state index contributed by atoms with van der Waals surface area (Å²) in [5.74, 6) is 1.54. The predicted molar refractivity (Wildman–Crippen MR) is 80.0 cm³/mol. The van der Waals surface area contributed by atoms with Gasteiger partial charge in [-0.05, 0) is 38.9 Å². The van der Waals surface area contributed by atoms with Gasteiger partial charge in [0.15, 0.2) is 0 Å². The summed E-state index contributed by atoms with van der Waals surface area (Å²) in [4.78, 5) is 5.07. The molecule has 3 nitrogen and oxygen atoms in total. The summed E-state index contributed by atoms with van der Waals surface area (Å²) in [5.41, 5.74) is 0. The topological polar surface area (TPSA) is 18.5 Å². The Morgan fingerprint density at radius 3 is 2.33 bits per heavy atom. The van der Waals surface area contributed by atoms with Crippen molar-refractivity contribution in [3.8, 4) is 0 Å². The number of rotatable bonds is 7. The standard InChI is InChI=1S/C15H33N3/c1-7-14(9-16-8-12(2)3)18-10-13(4)15(11-18)17(5)6/h12-16H,7-11H2,1-6H3. The van der Waals surface area contributed by atoms with Crippen molar-refractivity contribution in [2.45, 2.75) is 46.2 Å². The number of likely N-dealkylation sites (tertiary alicyclic amines) is 1. The van der Waals surface area contributed by atoms with Crippen molar-refractivity contribution < 1.29 is 0 Å². The summed E-state index contributed by atoms with van der Waals surface area (Å²) in [5, 5.41) is 3.62. The van der Waals surface area contributed by atoms with Gasteiger partial charge in [0.25, 0.3) is 0 Å². The van der Waals surface area contributed by atoms with E-state index >= 15 is 0 Å². The predicted octanol–water partition coefficient (Wildman–Crippen LogP) is 1.89. The second-order valence-electron chi connectivity index (χ2n) is 6.58. The monoisotopic (exact) mass is 255 g/mol. The van der Waals surface area contributed by atoms with Crippen LogP contribution in [0.1, 0.15) is 34.1 Å². The largest absolute Gasteiger partial charge is 0.315 e. The van der Waals surface area contributed by atoms with Crippen molar-refractivity contribution in [2.75, 3.05) is 40.3 Å². The highest BCUT2D eigenvalue weighted by Crippen LogP contribution is 2.22. The lowest BCUT2D eigenvalue weighted by atomic mass is 10.1. The molecule has 0 bridgehead atoms. The number of hydrogen-bond donors (Lipinski definition) is 1. The van der Waals surface area contributed by atoms with Crippen LogP contribution >= 0.6 is 0 Å². The molecule has 0 aliphatic carbocycles. The fraction of sp³-hybridized carbons (Fsp3) is 1.00. The Balaban J connectivity index is 2.42. The maximum atomic E-state index is 3.62. The van der Waals surface area contributed by atoms with Crippen LogP contribution in [0.5, 0.6) is 0 Å². The molecule has 1 rings (SSSR count). The smallest absolute Gasteiger partial charge is 0.0254 e. The van der Waals surface area contributed by atoms with Crippen LogP contribution in [0.15, 0.2) is 0 Å². The Morgan fingerprint density at radius 1 is 1.22 bits per heavy atom. The first-order valence-corrected chi connectivity index (χ1v) is 7.56. The zero-order valence-corrected chi connectivity index (χ0v) is 13.2. The highest BCUT2D eigenvalue weighted by Gasteiger charge is 2.33. The van der Waals surface area contributed by atoms with Crippen LogP contribution in [0.2, 0.25) is 0 Å². The van der Waals surface area contributed by atoms with Crippen LogP contribution in [-0.2, 0) is 0 Å². The molecule has 18 heavy (non-hydrogen) atoms. The van der Waals surface area contributed by atoms with Gasteiger partial charge in [-0.2, -0.15) is 0 Å². The van der Waals surface area contributed by atoms with Gasteiger partial charge in [0.1, 0.15) is 0 Å². The molecule has 1 saturated heterocycles. The number of nitrogens with zero attached hydrogens (tertiary/aromatic N) is 2. The Labute approximate surface area is 114 Å². The maximum absolute atomic E-state index is 3.62. The number of hydrogen-bond acceptors (Lipinski definition) is 3. The van der Waals surface area contributed by atoms with Crippen molar-refractivity contribution in [3.63, 3.8) is 0 Å². The van der Waals surface area contributed by atoms with Gasteiger partial charge < -0.3 is 10.2 Å². The lowest BCUT2D eigenvalue weighted by molar-refractivity contribution is 0.205. The first-order chi connectivity index (χ1) is 8.45. The van der Waals surface area contributed by atoms with Crippen LogP contribution in [0, 0.1) is 11.8 Å². The van der Waals surface area contributed by atoms with Gasteiger partial charge in [0, 0.05) is 31.7 Å². The summed E-state index contributed by atoms with van der Waals surface area (Å²) >= 11 is 0. The van der Waals surface area contributed by atoms with E-state index < -0.39 is 0 Å². The van der Waals surface area contributed by atoms with Crippen LogP contribution in [0.4, 0.5) is 0 Å². The minimum atomic E-state index is 0.705. The second kappa shape index (κ2) is 7.46. The quantitative estimate of drug-likeness (QED) is 0.749. The zero-order valence-electron chi connectivity index (χ0n) is 13.2. The van der Waals surface area contributed by atoms with Crippen molar-refractivity contribution in [2.24, 2.45) is 11.8 Å². The van der Waals surface area contributed by atoms with Gasteiger partial charge in [0.2, 0.25) is 0 Å². The van der Waals surface area contributed by atoms with Crippen LogP contribution in [-0.4, -0.2) is 62.2 Å². The van der Waals surface area contributed by atoms with E-state index in [1.807, 2.05) is 0 Å². The first kappa shape index (κ1) is 15.9. The van der Waals surface area contributed by atoms with Crippen molar-refractivity contribution in [1.82, 2.24) is 15.1 Å². The molecule has 0 aromatic carbocycles. The van der Waals surface area contributed by atoms with Gasteiger partial charge in [-0.15, -0.1) is 0 Å². The molecular weight excluding hydrogens is 222 g/mol. The van der Waals surface area contributed by atoms with E-state index in [-0.39, 0.29) is 0 Å². The van der Waals surface area contributed by atoms with Gasteiger partial charge in [-0.1, -0.05) is 27.7 Å². The Hall–Kier alpha value is -0.120. The minimum Gasteiger partial charge on any atom is -0.315 e. The van der Waals surface area contributed by atoms with Crippen LogP contribution < -0.4 is 5.32 Å². The highest BCUT2D eigenvalue weighted by atomic mass is 15.3. The third kappa shape index (κ3) is 4.52. The normalized spacial score (nSPS) is 27.3. The summed E-state index contributed by atoms with van der Waals surface area (Å²) in [6.07, 6.45) is 1.25. The molecule has 3 unspecified atom stereocenters. The fourth-order valence-electron chi connectivity index (χ4n) is 3.03. The van der Waals surface area contributed by atoms with E-state index in [4.69, 9.17) is 0 Å². The first-order valence-electron chi connectivity index (χ1n) is 7.56. The molecule has 1 heterocycles. The van der Waals surface area contributed by atoms with Gasteiger partial charge in [-0.25, -0.2) is 0 Å². The Kier molecular flexibility index (Phi) is 6.61. The fourth-order valence-corrected chi connectivity index (χ4v) is 3.03. The molecule has 108 valence electrons. The van der Waals surface area contributed by atoms with Gasteiger partial charge in [0.05, 0.1) is 0 Å². The van der Waals surface area contributed by atoms with E-state index in [9.17, 15) is 0 Å². The molecule has 1 N–H and O–H groups in total. The van der Waals surface area contributed by atoms with Crippen LogP contribution in [0.3, 0.4) is 0 Å². The third-order valence-corrected chi connectivity index (χ3v) is 4.18. The van der Waals surface area contributed by atoms with E-state index in [0.717, 1.165) is 31.0 Å².